The van der Waals surface area contributed by atoms with Gasteiger partial charge in [-0.15, -0.1) is 0 Å². The Hall–Kier alpha value is -0.610. The lowest BCUT2D eigenvalue weighted by molar-refractivity contribution is -0.126. The van der Waals surface area contributed by atoms with E-state index in [0.717, 1.165) is 25.9 Å². The van der Waals surface area contributed by atoms with Crippen LogP contribution in [-0.4, -0.2) is 48.6 Å². The summed E-state index contributed by atoms with van der Waals surface area (Å²) in [5, 5.41) is 6.60. The minimum Gasteiger partial charge on any atom is -0.354 e. The zero-order valence-corrected chi connectivity index (χ0v) is 13.4. The van der Waals surface area contributed by atoms with Gasteiger partial charge < -0.3 is 10.6 Å². The summed E-state index contributed by atoms with van der Waals surface area (Å²) in [5.41, 5.74) is 0.0780. The molecule has 2 atom stereocenters. The van der Waals surface area contributed by atoms with Crippen LogP contribution in [0.3, 0.4) is 0 Å². The second kappa shape index (κ2) is 6.90. The zero-order valence-electron chi connectivity index (χ0n) is 13.4. The monoisotopic (exact) mass is 281 g/mol. The third kappa shape index (κ3) is 4.19. The number of amides is 1. The molecule has 0 radical (unpaired) electrons. The predicted molar refractivity (Wildman–Crippen MR) is 82.7 cm³/mol. The average Bonchev–Trinajstić information content (AvgIpc) is 2.46. The Balaban J connectivity index is 1.79. The molecule has 4 heteroatoms. The van der Waals surface area contributed by atoms with Gasteiger partial charge in [-0.1, -0.05) is 6.42 Å². The fourth-order valence-electron chi connectivity index (χ4n) is 3.43. The molecule has 0 aromatic heterocycles. The Labute approximate surface area is 123 Å². The van der Waals surface area contributed by atoms with Crippen LogP contribution in [0, 0.1) is 5.92 Å². The molecule has 2 saturated heterocycles. The Morgan fingerprint density at radius 2 is 2.00 bits per heavy atom. The first-order valence-electron chi connectivity index (χ1n) is 8.25. The summed E-state index contributed by atoms with van der Waals surface area (Å²) in [6, 6.07) is 0.467. The van der Waals surface area contributed by atoms with Crippen molar-refractivity contribution in [3.63, 3.8) is 0 Å². The summed E-state index contributed by atoms with van der Waals surface area (Å²) >= 11 is 0. The molecule has 4 nitrogen and oxygen atoms in total. The molecule has 2 fully saturated rings. The second-order valence-electron chi connectivity index (χ2n) is 7.15. The Bertz CT molecular complexity index is 324. The third-order valence-electron chi connectivity index (χ3n) is 4.90. The number of nitrogens with zero attached hydrogens (tertiary/aromatic N) is 1. The number of carbonyl (C=O) groups is 1. The van der Waals surface area contributed by atoms with Gasteiger partial charge in [-0.25, -0.2) is 0 Å². The van der Waals surface area contributed by atoms with Gasteiger partial charge in [0.1, 0.15) is 0 Å². The maximum absolute atomic E-state index is 12.3. The maximum atomic E-state index is 12.3. The number of hydrogen-bond donors (Lipinski definition) is 2. The molecule has 0 bridgehead atoms. The fraction of sp³-hybridized carbons (Fsp3) is 0.938. The van der Waals surface area contributed by atoms with Crippen LogP contribution in [-0.2, 0) is 4.79 Å². The van der Waals surface area contributed by atoms with Gasteiger partial charge in [-0.3, -0.25) is 9.69 Å². The van der Waals surface area contributed by atoms with E-state index in [2.05, 4.69) is 36.3 Å². The molecule has 20 heavy (non-hydrogen) atoms. The standard InChI is InChI=1S/C16H31N3O/c1-13-11-14(7-8-17-13)15(20)18-12-16(2,3)19-9-5-4-6-10-19/h13-14,17H,4-12H2,1-3H3,(H,18,20)/t13-,14-/m0/s1. The fourth-order valence-corrected chi connectivity index (χ4v) is 3.43. The molecule has 116 valence electrons. The van der Waals surface area contributed by atoms with Crippen LogP contribution in [0.2, 0.25) is 0 Å². The molecule has 2 heterocycles. The van der Waals surface area contributed by atoms with Gasteiger partial charge in [0, 0.05) is 24.0 Å². The van der Waals surface area contributed by atoms with Crippen molar-refractivity contribution in [2.24, 2.45) is 5.92 Å². The molecular weight excluding hydrogens is 250 g/mol. The molecule has 1 amide bonds. The van der Waals surface area contributed by atoms with E-state index >= 15 is 0 Å². The van der Waals surface area contributed by atoms with E-state index in [9.17, 15) is 4.79 Å². The molecule has 0 spiro atoms. The van der Waals surface area contributed by atoms with Crippen LogP contribution in [0.25, 0.3) is 0 Å². The molecule has 2 N–H and O–H groups in total. The van der Waals surface area contributed by atoms with Crippen LogP contribution in [0.4, 0.5) is 0 Å². The number of carbonyl (C=O) groups excluding carboxylic acids is 1. The van der Waals surface area contributed by atoms with Gasteiger partial charge in [0.2, 0.25) is 5.91 Å². The van der Waals surface area contributed by atoms with Crippen molar-refractivity contribution in [1.29, 1.82) is 0 Å². The van der Waals surface area contributed by atoms with Crippen molar-refractivity contribution in [2.45, 2.75) is 64.5 Å². The van der Waals surface area contributed by atoms with Crippen molar-refractivity contribution in [3.05, 3.63) is 0 Å². The van der Waals surface area contributed by atoms with Gasteiger partial charge in [-0.2, -0.15) is 0 Å². The van der Waals surface area contributed by atoms with Crippen molar-refractivity contribution in [2.75, 3.05) is 26.2 Å². The first kappa shape index (κ1) is 15.8. The van der Waals surface area contributed by atoms with Crippen LogP contribution < -0.4 is 10.6 Å². The largest absolute Gasteiger partial charge is 0.354 e. The van der Waals surface area contributed by atoms with Crippen LogP contribution in [0.1, 0.15) is 52.9 Å². The first-order chi connectivity index (χ1) is 9.49. The lowest BCUT2D eigenvalue weighted by Crippen LogP contribution is -2.54. The number of hydrogen-bond acceptors (Lipinski definition) is 3. The number of likely N-dealkylation sites (tertiary alicyclic amines) is 1. The third-order valence-corrected chi connectivity index (χ3v) is 4.90. The smallest absolute Gasteiger partial charge is 0.223 e. The maximum Gasteiger partial charge on any atom is 0.223 e. The van der Waals surface area contributed by atoms with E-state index in [1.165, 1.54) is 32.4 Å². The van der Waals surface area contributed by atoms with Crippen molar-refractivity contribution in [1.82, 2.24) is 15.5 Å². The number of rotatable bonds is 4. The Kier molecular flexibility index (Phi) is 5.44. The summed E-state index contributed by atoms with van der Waals surface area (Å²) in [6.45, 7) is 10.8. The average molecular weight is 281 g/mol. The highest BCUT2D eigenvalue weighted by atomic mass is 16.1. The highest BCUT2D eigenvalue weighted by Crippen LogP contribution is 2.21. The van der Waals surface area contributed by atoms with Crippen molar-refractivity contribution >= 4 is 5.91 Å². The van der Waals surface area contributed by atoms with E-state index in [1.54, 1.807) is 0 Å². The van der Waals surface area contributed by atoms with Crippen molar-refractivity contribution < 1.29 is 4.79 Å². The van der Waals surface area contributed by atoms with Crippen LogP contribution in [0.5, 0.6) is 0 Å². The van der Waals surface area contributed by atoms with Gasteiger partial charge in [0.05, 0.1) is 0 Å². The minimum absolute atomic E-state index is 0.0780. The molecule has 0 aliphatic carbocycles. The highest BCUT2D eigenvalue weighted by molar-refractivity contribution is 5.78. The zero-order chi connectivity index (χ0) is 14.6. The van der Waals surface area contributed by atoms with E-state index in [1.807, 2.05) is 0 Å². The van der Waals surface area contributed by atoms with Crippen LogP contribution in [0.15, 0.2) is 0 Å². The molecule has 2 aliphatic rings. The molecule has 2 rings (SSSR count). The van der Waals surface area contributed by atoms with E-state index in [-0.39, 0.29) is 17.4 Å². The Morgan fingerprint density at radius 3 is 2.65 bits per heavy atom. The molecular formula is C16H31N3O. The molecule has 0 unspecified atom stereocenters. The van der Waals surface area contributed by atoms with E-state index in [0.29, 0.717) is 6.04 Å². The second-order valence-corrected chi connectivity index (χ2v) is 7.15. The van der Waals surface area contributed by atoms with Crippen LogP contribution >= 0.6 is 0 Å². The topological polar surface area (TPSA) is 44.4 Å². The lowest BCUT2D eigenvalue weighted by Gasteiger charge is -2.41. The summed E-state index contributed by atoms with van der Waals surface area (Å²) in [7, 11) is 0. The summed E-state index contributed by atoms with van der Waals surface area (Å²) in [6.07, 6.45) is 5.88. The van der Waals surface area contributed by atoms with E-state index in [4.69, 9.17) is 0 Å². The minimum atomic E-state index is 0.0780. The van der Waals surface area contributed by atoms with E-state index < -0.39 is 0 Å². The quantitative estimate of drug-likeness (QED) is 0.825. The van der Waals surface area contributed by atoms with Gasteiger partial charge in [-0.05, 0) is 66.1 Å². The normalized spacial score (nSPS) is 29.1. The summed E-state index contributed by atoms with van der Waals surface area (Å²) < 4.78 is 0. The predicted octanol–water partition coefficient (Wildman–Crippen LogP) is 1.76. The van der Waals surface area contributed by atoms with Gasteiger partial charge >= 0.3 is 0 Å². The molecule has 2 aliphatic heterocycles. The Morgan fingerprint density at radius 1 is 1.30 bits per heavy atom. The molecule has 0 aromatic rings. The molecule has 0 aromatic carbocycles. The summed E-state index contributed by atoms with van der Waals surface area (Å²) in [5.74, 6) is 0.451. The van der Waals surface area contributed by atoms with Crippen molar-refractivity contribution in [3.8, 4) is 0 Å². The SMILES string of the molecule is C[C@H]1C[C@@H](C(=O)NCC(C)(C)N2CCCCC2)CCN1. The molecule has 0 saturated carbocycles. The lowest BCUT2D eigenvalue weighted by atomic mass is 9.92. The number of nitrogens with one attached hydrogen (secondary N) is 2. The van der Waals surface area contributed by atoms with Gasteiger partial charge in [0.15, 0.2) is 0 Å². The number of piperidine rings is 2. The highest BCUT2D eigenvalue weighted by Gasteiger charge is 2.30. The summed E-state index contributed by atoms with van der Waals surface area (Å²) in [4.78, 5) is 14.8. The van der Waals surface area contributed by atoms with Gasteiger partial charge in [0.25, 0.3) is 0 Å². The first-order valence-corrected chi connectivity index (χ1v) is 8.25.